The Labute approximate surface area is 182 Å². The molecule has 1 aliphatic heterocycles. The van der Waals surface area contributed by atoms with Crippen LogP contribution in [0.3, 0.4) is 0 Å². The molecule has 2 aromatic carbocycles. The fourth-order valence-corrected chi connectivity index (χ4v) is 4.94. The Morgan fingerprint density at radius 2 is 1.68 bits per heavy atom. The van der Waals surface area contributed by atoms with Crippen LogP contribution in [0.15, 0.2) is 47.6 Å². The first-order valence-corrected chi connectivity index (χ1v) is 13.0. The number of anilines is 1. The van der Waals surface area contributed by atoms with Gasteiger partial charge in [0.25, 0.3) is 0 Å². The lowest BCUT2D eigenvalue weighted by atomic mass is 9.98. The van der Waals surface area contributed by atoms with Gasteiger partial charge in [0.1, 0.15) is 0 Å². The first kappa shape index (κ1) is 22.9. The number of ether oxygens (including phenoxy) is 2. The number of benzene rings is 2. The van der Waals surface area contributed by atoms with Crippen LogP contribution in [0, 0.1) is 0 Å². The lowest BCUT2D eigenvalue weighted by Crippen LogP contribution is -2.28. The van der Waals surface area contributed by atoms with Gasteiger partial charge in [0.15, 0.2) is 11.5 Å². The molecule has 1 N–H and O–H groups in total. The zero-order valence-electron chi connectivity index (χ0n) is 17.7. The van der Waals surface area contributed by atoms with Crippen LogP contribution in [0.5, 0.6) is 11.5 Å². The van der Waals surface area contributed by atoms with Gasteiger partial charge in [-0.3, -0.25) is 4.72 Å². The van der Waals surface area contributed by atoms with Gasteiger partial charge in [-0.1, -0.05) is 18.2 Å². The molecule has 3 rings (SSSR count). The predicted octanol–water partition coefficient (Wildman–Crippen LogP) is 2.58. The van der Waals surface area contributed by atoms with Crippen LogP contribution in [0.25, 0.3) is 0 Å². The Bertz CT molecular complexity index is 1190. The third-order valence-corrected chi connectivity index (χ3v) is 7.08. The predicted molar refractivity (Wildman–Crippen MR) is 120 cm³/mol. The van der Waals surface area contributed by atoms with Crippen molar-refractivity contribution in [1.82, 2.24) is 4.41 Å². The highest BCUT2D eigenvalue weighted by atomic mass is 32.2. The monoisotopic (exact) mass is 467 g/mol. The summed E-state index contributed by atoms with van der Waals surface area (Å²) >= 11 is 0. The smallest absolute Gasteiger partial charge is 0.250 e. The normalized spacial score (nSPS) is 16.7. The van der Waals surface area contributed by atoms with Crippen molar-refractivity contribution >= 4 is 31.4 Å². The molecule has 0 bridgehead atoms. The van der Waals surface area contributed by atoms with Gasteiger partial charge < -0.3 is 9.47 Å². The number of rotatable bonds is 8. The maximum Gasteiger partial charge on any atom is 0.250 e. The van der Waals surface area contributed by atoms with Gasteiger partial charge in [0, 0.05) is 12.1 Å². The highest BCUT2D eigenvalue weighted by Crippen LogP contribution is 2.38. The number of sulfonamides is 2. The van der Waals surface area contributed by atoms with Crippen LogP contribution in [0.1, 0.15) is 30.5 Å². The molecule has 0 amide bonds. The Balaban J connectivity index is 1.97. The van der Waals surface area contributed by atoms with Gasteiger partial charge in [-0.05, 0) is 42.3 Å². The van der Waals surface area contributed by atoms with Gasteiger partial charge in [0.2, 0.25) is 20.0 Å². The maximum atomic E-state index is 12.7. The average Bonchev–Trinajstić information content (AvgIpc) is 3.19. The molecular formula is C20H25N3O6S2. The largest absolute Gasteiger partial charge is 0.493 e. The molecule has 0 fully saturated rings. The van der Waals surface area contributed by atoms with E-state index < -0.39 is 26.1 Å². The Kier molecular flexibility index (Phi) is 6.46. The highest BCUT2D eigenvalue weighted by molar-refractivity contribution is 7.92. The minimum Gasteiger partial charge on any atom is -0.493 e. The number of nitrogens with one attached hydrogen (secondary N) is 1. The average molecular weight is 468 g/mol. The summed E-state index contributed by atoms with van der Waals surface area (Å²) in [5.41, 5.74) is 2.43. The summed E-state index contributed by atoms with van der Waals surface area (Å²) in [6, 6.07) is 11.4. The molecule has 0 saturated carbocycles. The molecule has 31 heavy (non-hydrogen) atoms. The van der Waals surface area contributed by atoms with Crippen molar-refractivity contribution in [2.45, 2.75) is 19.4 Å². The molecule has 1 atom stereocenters. The third-order valence-electron chi connectivity index (χ3n) is 4.84. The van der Waals surface area contributed by atoms with Gasteiger partial charge >= 0.3 is 0 Å². The summed E-state index contributed by atoms with van der Waals surface area (Å²) < 4.78 is 62.4. The van der Waals surface area contributed by atoms with Crippen LogP contribution >= 0.6 is 0 Å². The molecule has 2 aromatic rings. The summed E-state index contributed by atoms with van der Waals surface area (Å²) in [4.78, 5) is 0. The molecular weight excluding hydrogens is 442 g/mol. The quantitative estimate of drug-likeness (QED) is 0.638. The minimum absolute atomic E-state index is 0.0925. The fourth-order valence-electron chi connectivity index (χ4n) is 3.30. The van der Waals surface area contributed by atoms with E-state index in [-0.39, 0.29) is 5.75 Å². The van der Waals surface area contributed by atoms with E-state index in [1.165, 1.54) is 14.2 Å². The van der Waals surface area contributed by atoms with Crippen molar-refractivity contribution in [2.24, 2.45) is 5.10 Å². The van der Waals surface area contributed by atoms with E-state index in [1.807, 2.05) is 0 Å². The van der Waals surface area contributed by atoms with Crippen LogP contribution in [-0.4, -0.2) is 53.2 Å². The molecule has 0 aromatic heterocycles. The molecule has 9 nitrogen and oxygen atoms in total. The van der Waals surface area contributed by atoms with Crippen molar-refractivity contribution in [3.8, 4) is 11.5 Å². The first-order valence-electron chi connectivity index (χ1n) is 9.47. The van der Waals surface area contributed by atoms with Crippen molar-refractivity contribution in [1.29, 1.82) is 0 Å². The van der Waals surface area contributed by atoms with E-state index in [2.05, 4.69) is 9.82 Å². The zero-order chi connectivity index (χ0) is 22.8. The third kappa shape index (κ3) is 5.10. The standard InChI is InChI=1S/C20H25N3O6S2/c1-5-31(26,27)23-18(15-8-11-19(28-2)20(12-15)29-3)13-17(21-23)14-6-9-16(10-7-14)22-30(4,24)25/h6-12,18,22H,5,13H2,1-4H3/t18-/m1/s1. The molecule has 0 spiro atoms. The molecule has 0 unspecified atom stereocenters. The zero-order valence-corrected chi connectivity index (χ0v) is 19.3. The summed E-state index contributed by atoms with van der Waals surface area (Å²) in [6.07, 6.45) is 1.43. The number of hydrazone groups is 1. The SMILES string of the molecule is CCS(=O)(=O)N1N=C(c2ccc(NS(C)(=O)=O)cc2)C[C@@H]1c1ccc(OC)c(OC)c1. The Hall–Kier alpha value is -2.79. The number of hydrogen-bond donors (Lipinski definition) is 1. The van der Waals surface area contributed by atoms with Crippen molar-refractivity contribution in [2.75, 3.05) is 31.0 Å². The lowest BCUT2D eigenvalue weighted by Gasteiger charge is -2.23. The molecule has 0 aliphatic carbocycles. The number of hydrogen-bond acceptors (Lipinski definition) is 7. The summed E-state index contributed by atoms with van der Waals surface area (Å²) in [7, 11) is -3.96. The minimum atomic E-state index is -3.62. The maximum absolute atomic E-state index is 12.7. The van der Waals surface area contributed by atoms with Gasteiger partial charge in [-0.2, -0.15) is 9.52 Å². The van der Waals surface area contributed by atoms with E-state index in [4.69, 9.17) is 9.47 Å². The second kappa shape index (κ2) is 8.75. The van der Waals surface area contributed by atoms with E-state index in [1.54, 1.807) is 49.4 Å². The van der Waals surface area contributed by atoms with Gasteiger partial charge in [0.05, 0.1) is 38.0 Å². The van der Waals surface area contributed by atoms with Gasteiger partial charge in [-0.25, -0.2) is 16.8 Å². The van der Waals surface area contributed by atoms with Crippen molar-refractivity contribution in [3.05, 3.63) is 53.6 Å². The molecule has 0 saturated heterocycles. The van der Waals surface area contributed by atoms with Crippen LogP contribution in [0.2, 0.25) is 0 Å². The molecule has 1 heterocycles. The summed E-state index contributed by atoms with van der Waals surface area (Å²) in [5, 5.41) is 4.41. The molecule has 0 radical (unpaired) electrons. The van der Waals surface area contributed by atoms with Crippen LogP contribution in [0.4, 0.5) is 5.69 Å². The molecule has 168 valence electrons. The van der Waals surface area contributed by atoms with Crippen molar-refractivity contribution < 1.29 is 26.3 Å². The number of nitrogens with zero attached hydrogens (tertiary/aromatic N) is 2. The summed E-state index contributed by atoms with van der Waals surface area (Å²) in [5.74, 6) is 0.952. The number of methoxy groups -OCH3 is 2. The van der Waals surface area contributed by atoms with E-state index >= 15 is 0 Å². The molecule has 11 heteroatoms. The lowest BCUT2D eigenvalue weighted by molar-refractivity contribution is 0.348. The van der Waals surface area contributed by atoms with Crippen LogP contribution in [-0.2, 0) is 20.0 Å². The van der Waals surface area contributed by atoms with E-state index in [0.29, 0.717) is 34.9 Å². The second-order valence-corrected chi connectivity index (χ2v) is 10.9. The van der Waals surface area contributed by atoms with Crippen LogP contribution < -0.4 is 14.2 Å². The van der Waals surface area contributed by atoms with E-state index in [9.17, 15) is 16.8 Å². The Morgan fingerprint density at radius 3 is 2.23 bits per heavy atom. The molecule has 1 aliphatic rings. The fraction of sp³-hybridized carbons (Fsp3) is 0.350. The van der Waals surface area contributed by atoms with E-state index in [0.717, 1.165) is 16.2 Å². The highest BCUT2D eigenvalue weighted by Gasteiger charge is 2.36. The second-order valence-electron chi connectivity index (χ2n) is 7.01. The topological polar surface area (TPSA) is 114 Å². The first-order chi connectivity index (χ1) is 14.6. The van der Waals surface area contributed by atoms with Crippen molar-refractivity contribution in [3.63, 3.8) is 0 Å². The van der Waals surface area contributed by atoms with Gasteiger partial charge in [-0.15, -0.1) is 0 Å². The summed E-state index contributed by atoms with van der Waals surface area (Å²) in [6.45, 7) is 1.57. The Morgan fingerprint density at radius 1 is 1.03 bits per heavy atom.